The summed E-state index contributed by atoms with van der Waals surface area (Å²) in [6, 6.07) is 18.0. The van der Waals surface area contributed by atoms with Gasteiger partial charge in [0.1, 0.15) is 25.0 Å². The number of anilines is 1. The number of hydrogen-bond donors (Lipinski definition) is 1. The molecule has 9 nitrogen and oxygen atoms in total. The van der Waals surface area contributed by atoms with Gasteiger partial charge in [-0.05, 0) is 24.6 Å². The fraction of sp³-hybridized carbons (Fsp3) is 0.370. The fourth-order valence-corrected chi connectivity index (χ4v) is 3.90. The molecule has 1 aromatic heterocycles. The SMILES string of the molecule is Cc1ccc(OCCN(C)C(=O)Cn2cc(NC(=O)C3CN(Cc4ccccc4)CCO3)cn2)cc1. The Morgan fingerprint density at radius 3 is 2.72 bits per heavy atom. The van der Waals surface area contributed by atoms with Crippen molar-refractivity contribution in [2.24, 2.45) is 0 Å². The Balaban J connectivity index is 1.21. The molecule has 0 radical (unpaired) electrons. The maximum Gasteiger partial charge on any atom is 0.254 e. The molecule has 9 heteroatoms. The van der Waals surface area contributed by atoms with Crippen molar-refractivity contribution in [1.82, 2.24) is 19.6 Å². The fourth-order valence-electron chi connectivity index (χ4n) is 3.90. The summed E-state index contributed by atoms with van der Waals surface area (Å²) in [5, 5.41) is 7.07. The number of amides is 2. The number of ether oxygens (including phenoxy) is 2. The number of hydrogen-bond acceptors (Lipinski definition) is 6. The van der Waals surface area contributed by atoms with Crippen LogP contribution in [0.15, 0.2) is 67.0 Å². The molecule has 1 aliphatic heterocycles. The molecular weight excluding hydrogens is 458 g/mol. The predicted octanol–water partition coefficient (Wildman–Crippen LogP) is 2.57. The lowest BCUT2D eigenvalue weighted by molar-refractivity contribution is -0.133. The number of carbonyl (C=O) groups excluding carboxylic acids is 2. The van der Waals surface area contributed by atoms with E-state index in [2.05, 4.69) is 27.4 Å². The van der Waals surface area contributed by atoms with Gasteiger partial charge in [-0.15, -0.1) is 0 Å². The van der Waals surface area contributed by atoms with Gasteiger partial charge in [0.05, 0.1) is 25.0 Å². The predicted molar refractivity (Wildman–Crippen MR) is 137 cm³/mol. The quantitative estimate of drug-likeness (QED) is 0.469. The Morgan fingerprint density at radius 2 is 1.94 bits per heavy atom. The van der Waals surface area contributed by atoms with E-state index in [9.17, 15) is 9.59 Å². The third-order valence-corrected chi connectivity index (χ3v) is 6.03. The lowest BCUT2D eigenvalue weighted by Gasteiger charge is -2.32. The van der Waals surface area contributed by atoms with Crippen LogP contribution in [0.2, 0.25) is 0 Å². The second-order valence-corrected chi connectivity index (χ2v) is 8.97. The van der Waals surface area contributed by atoms with Gasteiger partial charge in [0, 0.05) is 32.9 Å². The molecule has 1 aliphatic rings. The van der Waals surface area contributed by atoms with Crippen molar-refractivity contribution >= 4 is 17.5 Å². The molecule has 1 atom stereocenters. The van der Waals surface area contributed by atoms with Crippen molar-refractivity contribution in [1.29, 1.82) is 0 Å². The molecule has 4 rings (SSSR count). The highest BCUT2D eigenvalue weighted by molar-refractivity contribution is 5.94. The van der Waals surface area contributed by atoms with Crippen molar-refractivity contribution in [3.8, 4) is 5.75 Å². The molecule has 0 saturated carbocycles. The van der Waals surface area contributed by atoms with Crippen LogP contribution in [0.1, 0.15) is 11.1 Å². The zero-order valence-corrected chi connectivity index (χ0v) is 20.8. The zero-order chi connectivity index (χ0) is 25.3. The maximum atomic E-state index is 12.8. The number of rotatable bonds is 10. The summed E-state index contributed by atoms with van der Waals surface area (Å²) in [5.74, 6) is 0.457. The van der Waals surface area contributed by atoms with Crippen molar-refractivity contribution in [3.63, 3.8) is 0 Å². The molecule has 1 saturated heterocycles. The number of likely N-dealkylation sites (N-methyl/N-ethyl adjacent to an activating group) is 1. The van der Waals surface area contributed by atoms with E-state index in [0.717, 1.165) is 18.8 Å². The molecule has 3 aromatic rings. The van der Waals surface area contributed by atoms with Crippen LogP contribution < -0.4 is 10.1 Å². The topological polar surface area (TPSA) is 88.9 Å². The molecule has 0 spiro atoms. The van der Waals surface area contributed by atoms with Crippen molar-refractivity contribution in [3.05, 3.63) is 78.1 Å². The van der Waals surface area contributed by atoms with Gasteiger partial charge in [0.15, 0.2) is 0 Å². The number of carbonyl (C=O) groups is 2. The van der Waals surface area contributed by atoms with Crippen LogP contribution in [0.25, 0.3) is 0 Å². The smallest absolute Gasteiger partial charge is 0.254 e. The highest BCUT2D eigenvalue weighted by Crippen LogP contribution is 2.14. The number of morpholine rings is 1. The number of aromatic nitrogens is 2. The Bertz CT molecular complexity index is 1130. The molecule has 190 valence electrons. The van der Waals surface area contributed by atoms with Crippen molar-refractivity contribution < 1.29 is 19.1 Å². The molecule has 2 heterocycles. The van der Waals surface area contributed by atoms with Crippen LogP contribution >= 0.6 is 0 Å². The zero-order valence-electron chi connectivity index (χ0n) is 20.8. The summed E-state index contributed by atoms with van der Waals surface area (Å²) >= 11 is 0. The summed E-state index contributed by atoms with van der Waals surface area (Å²) in [4.78, 5) is 29.1. The van der Waals surface area contributed by atoms with Gasteiger partial charge >= 0.3 is 0 Å². The first kappa shape index (κ1) is 25.4. The molecule has 1 unspecified atom stereocenters. The summed E-state index contributed by atoms with van der Waals surface area (Å²) in [6.45, 7) is 5.51. The van der Waals surface area contributed by atoms with E-state index in [-0.39, 0.29) is 18.4 Å². The highest BCUT2D eigenvalue weighted by atomic mass is 16.5. The lowest BCUT2D eigenvalue weighted by Crippen LogP contribution is -2.47. The Kier molecular flexibility index (Phi) is 8.70. The van der Waals surface area contributed by atoms with Crippen LogP contribution in [-0.4, -0.2) is 77.4 Å². The van der Waals surface area contributed by atoms with Gasteiger partial charge in [-0.25, -0.2) is 0 Å². The van der Waals surface area contributed by atoms with Gasteiger partial charge in [0.2, 0.25) is 5.91 Å². The average molecular weight is 492 g/mol. The van der Waals surface area contributed by atoms with E-state index in [1.807, 2.05) is 49.4 Å². The Hall–Kier alpha value is -3.69. The van der Waals surface area contributed by atoms with Crippen LogP contribution in [-0.2, 0) is 27.4 Å². The van der Waals surface area contributed by atoms with Gasteiger partial charge in [0.25, 0.3) is 5.91 Å². The molecule has 1 N–H and O–H groups in total. The molecule has 2 aromatic carbocycles. The largest absolute Gasteiger partial charge is 0.492 e. The van der Waals surface area contributed by atoms with Crippen LogP contribution in [0.4, 0.5) is 5.69 Å². The minimum Gasteiger partial charge on any atom is -0.492 e. The lowest BCUT2D eigenvalue weighted by atomic mass is 10.2. The molecule has 36 heavy (non-hydrogen) atoms. The van der Waals surface area contributed by atoms with Crippen molar-refractivity contribution in [2.45, 2.75) is 26.1 Å². The molecular formula is C27H33N5O4. The molecule has 1 fully saturated rings. The second-order valence-electron chi connectivity index (χ2n) is 8.97. The summed E-state index contributed by atoms with van der Waals surface area (Å²) in [7, 11) is 1.73. The first-order chi connectivity index (χ1) is 17.5. The van der Waals surface area contributed by atoms with Gasteiger partial charge in [-0.2, -0.15) is 5.10 Å². The number of benzene rings is 2. The van der Waals surface area contributed by atoms with E-state index in [4.69, 9.17) is 9.47 Å². The first-order valence-corrected chi connectivity index (χ1v) is 12.1. The van der Waals surface area contributed by atoms with E-state index in [0.29, 0.717) is 32.0 Å². The second kappa shape index (κ2) is 12.3. The van der Waals surface area contributed by atoms with E-state index in [1.165, 1.54) is 22.0 Å². The Morgan fingerprint density at radius 1 is 1.17 bits per heavy atom. The van der Waals surface area contributed by atoms with Crippen LogP contribution in [0.3, 0.4) is 0 Å². The summed E-state index contributed by atoms with van der Waals surface area (Å²) < 4.78 is 12.9. The maximum absolute atomic E-state index is 12.8. The van der Waals surface area contributed by atoms with Gasteiger partial charge in [-0.1, -0.05) is 48.0 Å². The van der Waals surface area contributed by atoms with Crippen LogP contribution in [0.5, 0.6) is 5.75 Å². The number of nitrogens with one attached hydrogen (secondary N) is 1. The van der Waals surface area contributed by atoms with Crippen molar-refractivity contribution in [2.75, 3.05) is 45.2 Å². The molecule has 0 bridgehead atoms. The monoisotopic (exact) mass is 491 g/mol. The molecule has 0 aliphatic carbocycles. The third kappa shape index (κ3) is 7.40. The van der Waals surface area contributed by atoms with Gasteiger partial charge < -0.3 is 19.7 Å². The first-order valence-electron chi connectivity index (χ1n) is 12.1. The third-order valence-electron chi connectivity index (χ3n) is 6.03. The van der Waals surface area contributed by atoms with E-state index >= 15 is 0 Å². The Labute approximate surface area is 211 Å². The average Bonchev–Trinajstić information content (AvgIpc) is 3.32. The summed E-state index contributed by atoms with van der Waals surface area (Å²) in [5.41, 5.74) is 2.90. The van der Waals surface area contributed by atoms with E-state index in [1.54, 1.807) is 18.1 Å². The summed E-state index contributed by atoms with van der Waals surface area (Å²) in [6.07, 6.45) is 2.62. The highest BCUT2D eigenvalue weighted by Gasteiger charge is 2.27. The number of aryl methyl sites for hydroxylation is 1. The number of nitrogens with zero attached hydrogens (tertiary/aromatic N) is 4. The minimum absolute atomic E-state index is 0.0711. The standard InChI is InChI=1S/C27H33N5O4/c1-21-8-10-24(11-9-21)35-14-12-30(2)26(33)20-32-18-23(16-28-32)29-27(34)25-19-31(13-15-36-25)17-22-6-4-3-5-7-22/h3-11,16,18,25H,12-15,17,19-20H2,1-2H3,(H,29,34). The van der Waals surface area contributed by atoms with Crippen LogP contribution in [0, 0.1) is 6.92 Å². The van der Waals surface area contributed by atoms with E-state index < -0.39 is 6.10 Å². The molecule has 2 amide bonds. The van der Waals surface area contributed by atoms with Gasteiger partial charge in [-0.3, -0.25) is 19.2 Å². The normalized spacial score (nSPS) is 15.9. The minimum atomic E-state index is -0.563.